The van der Waals surface area contributed by atoms with E-state index in [9.17, 15) is 45.2 Å². The summed E-state index contributed by atoms with van der Waals surface area (Å²) >= 11 is 0. The van der Waals surface area contributed by atoms with Gasteiger partial charge in [0.05, 0.1) is 31.3 Å². The topological polar surface area (TPSA) is 204 Å². The van der Waals surface area contributed by atoms with Gasteiger partial charge < -0.3 is 34.5 Å². The van der Waals surface area contributed by atoms with Crippen LogP contribution in [0.4, 0.5) is 22.4 Å². The molecule has 0 unspecified atom stereocenters. The molecular formula is C40H54F4N6O10S. The number of carbonyl (C=O) groups excluding carboxylic acids is 4. The molecule has 0 bridgehead atoms. The zero-order valence-corrected chi connectivity index (χ0v) is 35.8. The molecule has 6 rings (SSSR count). The van der Waals surface area contributed by atoms with Crippen LogP contribution in [0.5, 0.6) is 11.6 Å². The van der Waals surface area contributed by atoms with E-state index in [-0.39, 0.29) is 48.6 Å². The Kier molecular flexibility index (Phi) is 13.1. The Morgan fingerprint density at radius 3 is 2.36 bits per heavy atom. The summed E-state index contributed by atoms with van der Waals surface area (Å²) in [5.41, 5.74) is -4.28. The summed E-state index contributed by atoms with van der Waals surface area (Å²) < 4.78 is 106. The number of hydrogen-bond acceptors (Lipinski definition) is 12. The van der Waals surface area contributed by atoms with E-state index in [2.05, 4.69) is 20.6 Å². The molecule has 4 fully saturated rings. The van der Waals surface area contributed by atoms with E-state index < -0.39 is 117 Å². The van der Waals surface area contributed by atoms with Gasteiger partial charge in [0.2, 0.25) is 33.4 Å². The smallest absolute Gasteiger partial charge is 0.438 e. The van der Waals surface area contributed by atoms with Crippen molar-refractivity contribution >= 4 is 44.9 Å². The summed E-state index contributed by atoms with van der Waals surface area (Å²) in [5.74, 6) is -4.63. The van der Waals surface area contributed by atoms with E-state index in [4.69, 9.17) is 18.9 Å². The fraction of sp³-hybridized carbons (Fsp3) is 0.700. The van der Waals surface area contributed by atoms with Crippen LogP contribution in [0, 0.1) is 17.8 Å². The summed E-state index contributed by atoms with van der Waals surface area (Å²) in [7, 11) is -1.69. The van der Waals surface area contributed by atoms with Gasteiger partial charge >= 0.3 is 12.3 Å². The third-order valence-corrected chi connectivity index (χ3v) is 14.0. The molecule has 1 aromatic heterocycles. The van der Waals surface area contributed by atoms with Crippen LogP contribution in [0.25, 0.3) is 11.0 Å². The summed E-state index contributed by atoms with van der Waals surface area (Å²) in [5, 5.41) is 5.38. The van der Waals surface area contributed by atoms with Gasteiger partial charge in [0.1, 0.15) is 46.5 Å². The SMILES string of the molecule is COC[C@@H]1C[C@@H](C)CCCC[C@@H]2C[C@@]2(C(=O)NS(=O)(=O)C2(CF)CC2)NC(=O)[C@@H]2C[C@@H](Oc3nc4cc(OC)ccc4nc3C(F)(F)F)CN2C(=O)[C@H]1NC(=O)OC(C)(C)C. The third-order valence-electron chi connectivity index (χ3n) is 11.9. The number of alkyl carbamates (subject to hydrolysis) is 1. The lowest BCUT2D eigenvalue weighted by Crippen LogP contribution is -2.60. The standard InChI is InChI=1S/C40H54F4N6O10S/c1-22-9-7-8-10-24-18-39(24,35(53)49-61(55,56)38(21-41)13-14-38)48-32(51)29-17-26(59-33-31(40(42,43)44)45-27-12-11-25(58-6)16-28(27)46-33)19-50(29)34(52)30(23(15-22)20-57-5)47-36(54)60-37(2,3)4/h11-12,16,22-24,26,29-30H,7-10,13-15,17-21H2,1-6H3,(H,47,54)(H,48,51)(H,49,53)/t22-,23-,24+,26+,29-,30-,39+/m0/s1. The van der Waals surface area contributed by atoms with Crippen molar-refractivity contribution in [3.8, 4) is 11.6 Å². The molecule has 4 aliphatic rings. The average molecular weight is 887 g/mol. The number of carbonyl (C=O) groups is 4. The predicted octanol–water partition coefficient (Wildman–Crippen LogP) is 4.58. The highest BCUT2D eigenvalue weighted by molar-refractivity contribution is 7.91. The van der Waals surface area contributed by atoms with E-state index in [1.807, 2.05) is 11.6 Å². The molecule has 16 nitrogen and oxygen atoms in total. The first-order chi connectivity index (χ1) is 28.5. The van der Waals surface area contributed by atoms with Crippen molar-refractivity contribution in [3.05, 3.63) is 23.9 Å². The third kappa shape index (κ3) is 10.1. The van der Waals surface area contributed by atoms with Crippen LogP contribution in [-0.2, 0) is 40.1 Å². The number of amides is 4. The van der Waals surface area contributed by atoms with Crippen molar-refractivity contribution in [2.24, 2.45) is 17.8 Å². The summed E-state index contributed by atoms with van der Waals surface area (Å²) in [6.07, 6.45) is -4.90. The van der Waals surface area contributed by atoms with Crippen LogP contribution in [0.2, 0.25) is 0 Å². The highest BCUT2D eigenvalue weighted by atomic mass is 32.2. The first-order valence-corrected chi connectivity index (χ1v) is 21.9. The second kappa shape index (κ2) is 17.3. The molecule has 2 aliphatic carbocycles. The van der Waals surface area contributed by atoms with E-state index in [0.29, 0.717) is 32.1 Å². The monoisotopic (exact) mass is 886 g/mol. The van der Waals surface area contributed by atoms with Crippen LogP contribution in [0.3, 0.4) is 0 Å². The molecule has 1 aromatic carbocycles. The minimum atomic E-state index is -5.04. The van der Waals surface area contributed by atoms with Gasteiger partial charge in [-0.15, -0.1) is 0 Å². The van der Waals surface area contributed by atoms with Crippen molar-refractivity contribution in [1.29, 1.82) is 0 Å². The van der Waals surface area contributed by atoms with E-state index in [0.717, 1.165) is 4.90 Å². The predicted molar refractivity (Wildman–Crippen MR) is 210 cm³/mol. The van der Waals surface area contributed by atoms with Crippen LogP contribution in [0.15, 0.2) is 18.2 Å². The van der Waals surface area contributed by atoms with Gasteiger partial charge in [-0.05, 0) is 76.8 Å². The normalized spacial score (nSPS) is 28.3. The molecule has 0 spiro atoms. The highest BCUT2D eigenvalue weighted by Crippen LogP contribution is 2.49. The lowest BCUT2D eigenvalue weighted by Gasteiger charge is -2.34. The van der Waals surface area contributed by atoms with Gasteiger partial charge in [-0.2, -0.15) is 13.2 Å². The van der Waals surface area contributed by atoms with Crippen molar-refractivity contribution < 1.29 is 64.1 Å². The molecule has 4 amide bonds. The maximum absolute atomic E-state index is 15.0. The number of methoxy groups -OCH3 is 2. The molecule has 21 heteroatoms. The van der Waals surface area contributed by atoms with Gasteiger partial charge in [0, 0.05) is 25.5 Å². The molecule has 7 atom stereocenters. The Morgan fingerprint density at radius 1 is 1.03 bits per heavy atom. The summed E-state index contributed by atoms with van der Waals surface area (Å²) in [6, 6.07) is 1.19. The highest BCUT2D eigenvalue weighted by Gasteiger charge is 2.64. The molecule has 2 aliphatic heterocycles. The number of fused-ring (bicyclic) bond motifs is 3. The average Bonchev–Trinajstić information content (AvgIpc) is 4.08. The molecule has 338 valence electrons. The van der Waals surface area contributed by atoms with Crippen LogP contribution < -0.4 is 24.8 Å². The molecule has 2 aromatic rings. The van der Waals surface area contributed by atoms with Crippen LogP contribution in [0.1, 0.15) is 91.2 Å². The van der Waals surface area contributed by atoms with Crippen molar-refractivity contribution in [1.82, 2.24) is 30.2 Å². The van der Waals surface area contributed by atoms with Gasteiger partial charge in [-0.1, -0.05) is 26.2 Å². The van der Waals surface area contributed by atoms with E-state index in [1.54, 1.807) is 20.8 Å². The molecular weight excluding hydrogens is 833 g/mol. The molecule has 3 heterocycles. The summed E-state index contributed by atoms with van der Waals surface area (Å²) in [6.45, 7) is 5.18. The zero-order valence-electron chi connectivity index (χ0n) is 35.0. The van der Waals surface area contributed by atoms with Gasteiger partial charge in [0.15, 0.2) is 0 Å². The minimum absolute atomic E-state index is 0.00517. The Hall–Kier alpha value is -4.53. The maximum Gasteiger partial charge on any atom is 0.438 e. The molecule has 2 saturated heterocycles. The fourth-order valence-corrected chi connectivity index (χ4v) is 9.80. The van der Waals surface area contributed by atoms with Gasteiger partial charge in [-0.25, -0.2) is 27.6 Å². The number of sulfonamides is 1. The first kappa shape index (κ1) is 46.0. The second-order valence-corrected chi connectivity index (χ2v) is 19.9. The largest absolute Gasteiger partial charge is 0.497 e. The molecule has 2 saturated carbocycles. The lowest BCUT2D eigenvalue weighted by molar-refractivity contribution is -0.143. The molecule has 61 heavy (non-hydrogen) atoms. The number of nitrogens with one attached hydrogen (secondary N) is 3. The van der Waals surface area contributed by atoms with Crippen LogP contribution in [-0.4, -0.2) is 115 Å². The van der Waals surface area contributed by atoms with Gasteiger partial charge in [0.25, 0.3) is 5.91 Å². The number of hydrogen-bond donors (Lipinski definition) is 3. The number of benzene rings is 1. The maximum atomic E-state index is 15.0. The van der Waals surface area contributed by atoms with E-state index >= 15 is 0 Å². The Labute approximate surface area is 351 Å². The lowest BCUT2D eigenvalue weighted by atomic mass is 9.86. The second-order valence-electron chi connectivity index (χ2n) is 17.8. The van der Waals surface area contributed by atoms with Crippen molar-refractivity contribution in [2.45, 2.75) is 126 Å². The fourth-order valence-electron chi connectivity index (χ4n) is 8.38. The van der Waals surface area contributed by atoms with Crippen LogP contribution >= 0.6 is 0 Å². The number of ether oxygens (including phenoxy) is 4. The number of halogens is 4. The Balaban J connectivity index is 1.40. The minimum Gasteiger partial charge on any atom is -0.497 e. The number of nitrogens with zero attached hydrogens (tertiary/aromatic N) is 3. The molecule has 0 radical (unpaired) electrons. The Morgan fingerprint density at radius 2 is 1.74 bits per heavy atom. The quantitative estimate of drug-likeness (QED) is 0.281. The zero-order chi connectivity index (χ0) is 44.7. The van der Waals surface area contributed by atoms with Gasteiger partial charge in [-0.3, -0.25) is 19.1 Å². The van der Waals surface area contributed by atoms with Crippen molar-refractivity contribution in [2.75, 3.05) is 34.0 Å². The molecule has 3 N–H and O–H groups in total. The number of alkyl halides is 4. The summed E-state index contributed by atoms with van der Waals surface area (Å²) in [4.78, 5) is 65.9. The number of rotatable bonds is 10. The van der Waals surface area contributed by atoms with E-state index in [1.165, 1.54) is 32.4 Å². The first-order valence-electron chi connectivity index (χ1n) is 20.4. The van der Waals surface area contributed by atoms with Crippen molar-refractivity contribution in [3.63, 3.8) is 0 Å². The number of aromatic nitrogens is 2. The Bertz CT molecular complexity index is 2120.